The van der Waals surface area contributed by atoms with Crippen LogP contribution in [0.3, 0.4) is 0 Å². The zero-order valence-electron chi connectivity index (χ0n) is 13.5. The number of hydrogen-bond donors (Lipinski definition) is 1. The first kappa shape index (κ1) is 16.3. The Labute approximate surface area is 156 Å². The average molecular weight is 365 g/mol. The van der Waals surface area contributed by atoms with E-state index in [1.165, 1.54) is 15.8 Å². The molecule has 4 aromatic rings. The smallest absolute Gasteiger partial charge is 0.0636 e. The Hall–Kier alpha value is -2.20. The van der Waals surface area contributed by atoms with E-state index in [-0.39, 0.29) is 6.04 Å². The van der Waals surface area contributed by atoms with Crippen LogP contribution in [0.2, 0.25) is 5.02 Å². The van der Waals surface area contributed by atoms with Crippen LogP contribution < -0.4 is 5.32 Å². The van der Waals surface area contributed by atoms with E-state index in [0.717, 1.165) is 21.8 Å². The van der Waals surface area contributed by atoms with E-state index in [2.05, 4.69) is 64.9 Å². The number of pyridine rings is 1. The first-order chi connectivity index (χ1) is 12.3. The topological polar surface area (TPSA) is 24.9 Å². The monoisotopic (exact) mass is 364 g/mol. The molecule has 0 radical (unpaired) electrons. The van der Waals surface area contributed by atoms with Crippen molar-refractivity contribution in [3.8, 4) is 0 Å². The molecule has 1 N–H and O–H groups in total. The van der Waals surface area contributed by atoms with Gasteiger partial charge in [0, 0.05) is 33.9 Å². The van der Waals surface area contributed by atoms with Crippen molar-refractivity contribution in [1.82, 2.24) is 10.3 Å². The lowest BCUT2D eigenvalue weighted by molar-refractivity contribution is 0.609. The minimum Gasteiger partial charge on any atom is -0.301 e. The van der Waals surface area contributed by atoms with Gasteiger partial charge < -0.3 is 5.32 Å². The fourth-order valence-electron chi connectivity index (χ4n) is 3.00. The van der Waals surface area contributed by atoms with E-state index in [0.29, 0.717) is 0 Å². The molecule has 0 bridgehead atoms. The van der Waals surface area contributed by atoms with Crippen LogP contribution in [0.15, 0.2) is 79.1 Å². The lowest BCUT2D eigenvalue weighted by Crippen LogP contribution is -2.21. The lowest BCUT2D eigenvalue weighted by atomic mass is 10.00. The second-order valence-corrected chi connectivity index (χ2v) is 7.36. The maximum absolute atomic E-state index is 6.59. The van der Waals surface area contributed by atoms with Crippen molar-refractivity contribution in [2.24, 2.45) is 0 Å². The average Bonchev–Trinajstić information content (AvgIpc) is 3.00. The molecular weight excluding hydrogens is 348 g/mol. The largest absolute Gasteiger partial charge is 0.301 e. The number of hydrogen-bond acceptors (Lipinski definition) is 3. The van der Waals surface area contributed by atoms with E-state index < -0.39 is 0 Å². The Morgan fingerprint density at radius 3 is 2.32 bits per heavy atom. The number of halogens is 1. The molecule has 0 spiro atoms. The first-order valence-corrected chi connectivity index (χ1v) is 9.36. The van der Waals surface area contributed by atoms with Crippen LogP contribution in [0.1, 0.15) is 22.0 Å². The standard InChI is InChI=1S/C21H17ClN2S/c22-20-17-8-4-5-9-18(17)25-19(20)14-24-21(15-6-2-1-3-7-15)16-10-12-23-13-11-16/h1-13,21,24H,14H2. The lowest BCUT2D eigenvalue weighted by Gasteiger charge is -2.19. The van der Waals surface area contributed by atoms with Crippen LogP contribution in [0.5, 0.6) is 0 Å². The molecule has 25 heavy (non-hydrogen) atoms. The SMILES string of the molecule is Clc1c(CNC(c2ccccc2)c2ccncc2)sc2ccccc12. The van der Waals surface area contributed by atoms with Crippen LogP contribution >= 0.6 is 22.9 Å². The van der Waals surface area contributed by atoms with Gasteiger partial charge in [-0.05, 0) is 29.3 Å². The molecule has 0 aliphatic carbocycles. The molecule has 4 rings (SSSR count). The van der Waals surface area contributed by atoms with Gasteiger partial charge in [-0.1, -0.05) is 60.1 Å². The molecule has 0 saturated carbocycles. The van der Waals surface area contributed by atoms with Gasteiger partial charge in [-0.15, -0.1) is 11.3 Å². The highest BCUT2D eigenvalue weighted by Gasteiger charge is 2.16. The zero-order valence-corrected chi connectivity index (χ0v) is 15.1. The normalized spacial score (nSPS) is 12.4. The number of nitrogens with one attached hydrogen (secondary N) is 1. The highest BCUT2D eigenvalue weighted by Crippen LogP contribution is 2.35. The fraction of sp³-hybridized carbons (Fsp3) is 0.0952. The third-order valence-electron chi connectivity index (χ3n) is 4.24. The summed E-state index contributed by atoms with van der Waals surface area (Å²) in [6, 6.07) is 22.9. The molecule has 2 heterocycles. The summed E-state index contributed by atoms with van der Waals surface area (Å²) >= 11 is 8.34. The van der Waals surface area contributed by atoms with Gasteiger partial charge in [-0.2, -0.15) is 0 Å². The third kappa shape index (κ3) is 3.45. The predicted molar refractivity (Wildman–Crippen MR) is 106 cm³/mol. The van der Waals surface area contributed by atoms with Gasteiger partial charge >= 0.3 is 0 Å². The molecule has 0 aliphatic heterocycles. The number of rotatable bonds is 5. The van der Waals surface area contributed by atoms with Gasteiger partial charge in [-0.25, -0.2) is 0 Å². The molecule has 2 aromatic heterocycles. The zero-order chi connectivity index (χ0) is 17.1. The summed E-state index contributed by atoms with van der Waals surface area (Å²) in [6.07, 6.45) is 3.67. The number of aromatic nitrogens is 1. The Bertz CT molecular complexity index is 928. The van der Waals surface area contributed by atoms with Gasteiger partial charge in [0.05, 0.1) is 11.1 Å². The molecule has 124 valence electrons. The number of thiophene rings is 1. The molecule has 0 aliphatic rings. The maximum Gasteiger partial charge on any atom is 0.0636 e. The summed E-state index contributed by atoms with van der Waals surface area (Å²) in [7, 11) is 0. The Morgan fingerprint density at radius 1 is 0.880 bits per heavy atom. The number of nitrogens with zero attached hydrogens (tertiary/aromatic N) is 1. The van der Waals surface area contributed by atoms with Gasteiger partial charge in [0.15, 0.2) is 0 Å². The summed E-state index contributed by atoms with van der Waals surface area (Å²) in [5.74, 6) is 0. The van der Waals surface area contributed by atoms with Crippen LogP contribution in [-0.4, -0.2) is 4.98 Å². The van der Waals surface area contributed by atoms with Crippen LogP contribution in [0, 0.1) is 0 Å². The van der Waals surface area contributed by atoms with Gasteiger partial charge in [-0.3, -0.25) is 4.98 Å². The van der Waals surface area contributed by atoms with Crippen LogP contribution in [0.4, 0.5) is 0 Å². The highest BCUT2D eigenvalue weighted by molar-refractivity contribution is 7.19. The molecule has 4 heteroatoms. The van der Waals surface area contributed by atoms with Crippen LogP contribution in [0.25, 0.3) is 10.1 Å². The molecule has 2 aromatic carbocycles. The van der Waals surface area contributed by atoms with E-state index in [1.807, 2.05) is 24.5 Å². The third-order valence-corrected chi connectivity index (χ3v) is 5.96. The van der Waals surface area contributed by atoms with Crippen molar-refractivity contribution in [3.63, 3.8) is 0 Å². The minimum absolute atomic E-state index is 0.102. The highest BCUT2D eigenvalue weighted by atomic mass is 35.5. The van der Waals surface area contributed by atoms with Crippen LogP contribution in [-0.2, 0) is 6.54 Å². The first-order valence-electron chi connectivity index (χ1n) is 8.17. The summed E-state index contributed by atoms with van der Waals surface area (Å²) in [5.41, 5.74) is 2.42. The van der Waals surface area contributed by atoms with E-state index in [9.17, 15) is 0 Å². The second kappa shape index (κ2) is 7.36. The van der Waals surface area contributed by atoms with Crippen molar-refractivity contribution < 1.29 is 0 Å². The molecule has 1 atom stereocenters. The molecule has 0 fully saturated rings. The Kier molecular flexibility index (Phi) is 4.79. The second-order valence-electron chi connectivity index (χ2n) is 5.84. The molecule has 2 nitrogen and oxygen atoms in total. The Morgan fingerprint density at radius 2 is 1.56 bits per heavy atom. The molecule has 0 amide bonds. The maximum atomic E-state index is 6.59. The molecular formula is C21H17ClN2S. The summed E-state index contributed by atoms with van der Waals surface area (Å²) in [6.45, 7) is 0.722. The molecule has 0 saturated heterocycles. The van der Waals surface area contributed by atoms with Crippen molar-refractivity contribution in [2.75, 3.05) is 0 Å². The Balaban J connectivity index is 1.64. The van der Waals surface area contributed by atoms with E-state index in [1.54, 1.807) is 11.3 Å². The van der Waals surface area contributed by atoms with E-state index in [4.69, 9.17) is 11.6 Å². The number of benzene rings is 2. The fourth-order valence-corrected chi connectivity index (χ4v) is 4.45. The van der Waals surface area contributed by atoms with Crippen molar-refractivity contribution in [3.05, 3.63) is 100 Å². The predicted octanol–water partition coefficient (Wildman–Crippen LogP) is 5.83. The van der Waals surface area contributed by atoms with Gasteiger partial charge in [0.2, 0.25) is 0 Å². The van der Waals surface area contributed by atoms with Gasteiger partial charge in [0.25, 0.3) is 0 Å². The minimum atomic E-state index is 0.102. The summed E-state index contributed by atoms with van der Waals surface area (Å²) in [4.78, 5) is 5.30. The van der Waals surface area contributed by atoms with Crippen molar-refractivity contribution in [2.45, 2.75) is 12.6 Å². The van der Waals surface area contributed by atoms with Crippen molar-refractivity contribution in [1.29, 1.82) is 0 Å². The molecule has 1 unspecified atom stereocenters. The summed E-state index contributed by atoms with van der Waals surface area (Å²) < 4.78 is 1.23. The summed E-state index contributed by atoms with van der Waals surface area (Å²) in [5, 5.41) is 5.66. The number of fused-ring (bicyclic) bond motifs is 1. The van der Waals surface area contributed by atoms with E-state index >= 15 is 0 Å². The van der Waals surface area contributed by atoms with Gasteiger partial charge in [0.1, 0.15) is 0 Å². The quantitative estimate of drug-likeness (QED) is 0.482. The van der Waals surface area contributed by atoms with Crippen molar-refractivity contribution >= 4 is 33.0 Å².